The molecule has 0 saturated carbocycles. The smallest absolute Gasteiger partial charge is 0.269 e. The molecule has 68 heavy (non-hydrogen) atoms. The number of amides is 5. The Hall–Kier alpha value is -6.62. The van der Waals surface area contributed by atoms with Crippen molar-refractivity contribution in [2.45, 2.75) is 65.7 Å². The van der Waals surface area contributed by atoms with Crippen molar-refractivity contribution >= 4 is 63.2 Å². The van der Waals surface area contributed by atoms with Crippen molar-refractivity contribution in [2.75, 3.05) is 92.0 Å². The van der Waals surface area contributed by atoms with Gasteiger partial charge in [0.25, 0.3) is 5.91 Å². The molecule has 368 valence electrons. The molecule has 0 bridgehead atoms. The van der Waals surface area contributed by atoms with E-state index in [1.54, 1.807) is 59.5 Å². The van der Waals surface area contributed by atoms with E-state index < -0.39 is 0 Å². The first-order valence-electron chi connectivity index (χ1n) is 23.4. The van der Waals surface area contributed by atoms with Crippen LogP contribution in [0.25, 0.3) is 27.4 Å². The molecule has 2 aromatic carbocycles. The Morgan fingerprint density at radius 3 is 2.15 bits per heavy atom. The summed E-state index contributed by atoms with van der Waals surface area (Å²) in [7, 11) is 6.69. The summed E-state index contributed by atoms with van der Waals surface area (Å²) < 4.78 is 19.4. The van der Waals surface area contributed by atoms with E-state index in [1.807, 2.05) is 21.6 Å². The number of hydrogen-bond donors (Lipinski definition) is 3. The first-order valence-corrected chi connectivity index (χ1v) is 23.4. The molecule has 5 amide bonds. The Kier molecular flexibility index (Phi) is 18.8. The Labute approximate surface area is 399 Å². The monoisotopic (exact) mass is 939 g/mol. The van der Waals surface area contributed by atoms with Crippen LogP contribution >= 0.6 is 0 Å². The summed E-state index contributed by atoms with van der Waals surface area (Å²) in [6.07, 6.45) is 16.8. The molecule has 0 atom stereocenters. The second-order valence-electron chi connectivity index (χ2n) is 18.4. The average Bonchev–Trinajstić information content (AvgIpc) is 3.70. The number of halogens is 1. The van der Waals surface area contributed by atoms with Gasteiger partial charge in [0, 0.05) is 135 Å². The van der Waals surface area contributed by atoms with Crippen molar-refractivity contribution < 1.29 is 32.8 Å². The predicted molar refractivity (Wildman–Crippen MR) is 266 cm³/mol. The molecule has 16 nitrogen and oxygen atoms in total. The fourth-order valence-electron chi connectivity index (χ4n) is 8.14. The fraction of sp³-hybridized carbons (Fsp3) is 0.471. The number of benzene rings is 2. The predicted octanol–water partition coefficient (Wildman–Crippen LogP) is 6.09. The van der Waals surface area contributed by atoms with Gasteiger partial charge in [0.05, 0.1) is 11.2 Å². The molecule has 2 aromatic heterocycles. The molecule has 17 heteroatoms. The summed E-state index contributed by atoms with van der Waals surface area (Å²) >= 11 is 0. The lowest BCUT2D eigenvalue weighted by atomic mass is 9.98. The van der Waals surface area contributed by atoms with Crippen molar-refractivity contribution in [2.24, 2.45) is 17.0 Å². The molecule has 4 aliphatic rings. The van der Waals surface area contributed by atoms with Crippen LogP contribution < -0.4 is 16.5 Å². The Bertz CT molecular complexity index is 2450. The lowest BCUT2D eigenvalue weighted by molar-refractivity contribution is -0.132. The number of allylic oxidation sites excluding steroid dienone is 2. The van der Waals surface area contributed by atoms with E-state index >= 15 is 0 Å². The number of hydrogen-bond acceptors (Lipinski definition) is 10. The zero-order valence-corrected chi connectivity index (χ0v) is 40.9. The highest BCUT2D eigenvalue weighted by molar-refractivity contribution is 5.98. The van der Waals surface area contributed by atoms with E-state index in [4.69, 9.17) is 16.0 Å². The van der Waals surface area contributed by atoms with Crippen LogP contribution in [0.1, 0.15) is 80.6 Å². The largest absolute Gasteiger partial charge is 0.459 e. The molecule has 0 radical (unpaired) electrons. The number of fused-ring (bicyclic) bond motifs is 2. The number of likely N-dealkylation sites (tertiary alicyclic amines) is 1. The number of furan rings is 1. The number of piperazine rings is 1. The summed E-state index contributed by atoms with van der Waals surface area (Å²) in [4.78, 5) is 71.1. The summed E-state index contributed by atoms with van der Waals surface area (Å²) in [5.74, 6) is 6.71. The molecule has 0 unspecified atom stereocenters. The standard InChI is InChI=1S/C25H34N6O3.C12H19NO.C11H11FN2O.C3H7NO/c1-18-14-22-15-21(16-23(25(22)34-18)29-12-10-28(11-13-29)19(2)32)20-4-3-7-30(17-20)24(33)5-8-31(27)9-6-26;1-12(7-8-12)6-5-11(14)13-9-3-2-4-10-13;1-14(2)11(15)9-6-7-4-3-5-8(12)10(7)13-9;1-4(2)3-5/h4,6,9,14-16H,3,5,7-8,10-13,17,26-27H2,1-2H3;7-8H,2-6,9-10H2,1H3;3-6,13H,1-2H3;3H,1-2H3/b9-6-;;;. The van der Waals surface area contributed by atoms with Crippen LogP contribution in [-0.4, -0.2) is 152 Å². The van der Waals surface area contributed by atoms with Gasteiger partial charge in [-0.1, -0.05) is 37.3 Å². The normalized spacial score (nSPS) is 16.2. The summed E-state index contributed by atoms with van der Waals surface area (Å²) in [5, 5.41) is 3.18. The van der Waals surface area contributed by atoms with Crippen LogP contribution in [0, 0.1) is 18.2 Å². The van der Waals surface area contributed by atoms with Gasteiger partial charge in [-0.05, 0) is 80.5 Å². The minimum absolute atomic E-state index is 0.0762. The number of para-hydroxylation sites is 1. The molecule has 1 aliphatic carbocycles. The summed E-state index contributed by atoms with van der Waals surface area (Å²) in [6, 6.07) is 12.8. The third-order valence-electron chi connectivity index (χ3n) is 12.3. The van der Waals surface area contributed by atoms with Crippen molar-refractivity contribution in [1.82, 2.24) is 34.5 Å². The van der Waals surface area contributed by atoms with Crippen molar-refractivity contribution in [3.8, 4) is 0 Å². The van der Waals surface area contributed by atoms with Gasteiger partial charge < -0.3 is 49.5 Å². The molecular formula is C51H71FN10O6. The lowest BCUT2D eigenvalue weighted by Gasteiger charge is -2.36. The molecule has 4 aromatic rings. The zero-order chi connectivity index (χ0) is 49.5. The first-order chi connectivity index (χ1) is 32.4. The lowest BCUT2D eigenvalue weighted by Crippen LogP contribution is -2.48. The molecule has 2 saturated heterocycles. The van der Waals surface area contributed by atoms with Crippen molar-refractivity contribution in [3.05, 3.63) is 95.9 Å². The van der Waals surface area contributed by atoms with Crippen LogP contribution in [0.4, 0.5) is 10.1 Å². The quantitative estimate of drug-likeness (QED) is 0.0688. The second kappa shape index (κ2) is 24.4. The second-order valence-corrected chi connectivity index (χ2v) is 18.4. The molecule has 0 spiro atoms. The molecule has 8 rings (SSSR count). The average molecular weight is 939 g/mol. The highest BCUT2D eigenvalue weighted by Gasteiger charge is 2.29. The number of carbonyl (C=O) groups excluding carboxylic acids is 5. The van der Waals surface area contributed by atoms with Gasteiger partial charge in [0.2, 0.25) is 24.1 Å². The van der Waals surface area contributed by atoms with Crippen LogP contribution in [-0.2, 0) is 19.2 Å². The van der Waals surface area contributed by atoms with Crippen LogP contribution in [0.2, 0.25) is 0 Å². The number of piperidine rings is 1. The number of nitrogens with one attached hydrogen (secondary N) is 1. The van der Waals surface area contributed by atoms with Crippen molar-refractivity contribution in [3.63, 3.8) is 0 Å². The Balaban J connectivity index is 0.000000208. The van der Waals surface area contributed by atoms with Crippen LogP contribution in [0.15, 0.2) is 77.5 Å². The molecule has 5 heterocycles. The Morgan fingerprint density at radius 2 is 1.54 bits per heavy atom. The third kappa shape index (κ3) is 14.9. The van der Waals surface area contributed by atoms with Gasteiger partial charge in [0.15, 0.2) is 5.58 Å². The highest BCUT2D eigenvalue weighted by atomic mass is 19.1. The van der Waals surface area contributed by atoms with Gasteiger partial charge in [0.1, 0.15) is 17.3 Å². The zero-order valence-electron chi connectivity index (χ0n) is 40.9. The summed E-state index contributed by atoms with van der Waals surface area (Å²) in [6.45, 7) is 12.3. The topological polar surface area (TPSA) is 189 Å². The molecule has 2 fully saturated rings. The number of carbonyl (C=O) groups is 5. The third-order valence-corrected chi connectivity index (χ3v) is 12.3. The SMILES string of the molecule is CC(=O)N1CCN(c2cc(C3=CCCN(C(=O)CCN(N)/C=C\N)C3)cc3cc(C)oc23)CC1.CC1(CCC(=O)N2CCCCC2)C=C1.CN(C)C(=O)c1cc2cccc(F)c2[nH]1.CN(C)C=O. The van der Waals surface area contributed by atoms with Gasteiger partial charge in [-0.25, -0.2) is 10.2 Å². The van der Waals surface area contributed by atoms with E-state index in [1.165, 1.54) is 46.3 Å². The minimum atomic E-state index is -0.342. The highest BCUT2D eigenvalue weighted by Crippen LogP contribution is 2.39. The van der Waals surface area contributed by atoms with Crippen molar-refractivity contribution in [1.29, 1.82) is 0 Å². The number of rotatable bonds is 11. The van der Waals surface area contributed by atoms with Gasteiger partial charge in [-0.2, -0.15) is 0 Å². The number of aryl methyl sites for hydroxylation is 1. The molecule has 3 aliphatic heterocycles. The number of anilines is 1. The van der Waals surface area contributed by atoms with Crippen LogP contribution in [0.5, 0.6) is 0 Å². The fourth-order valence-corrected chi connectivity index (χ4v) is 8.14. The van der Waals surface area contributed by atoms with E-state index in [0.717, 1.165) is 85.4 Å². The first kappa shape index (κ1) is 52.4. The number of H-pyrrole nitrogens is 1. The molecule has 5 N–H and O–H groups in total. The van der Waals surface area contributed by atoms with E-state index in [0.29, 0.717) is 61.6 Å². The van der Waals surface area contributed by atoms with Gasteiger partial charge in [-0.15, -0.1) is 0 Å². The number of aromatic nitrogens is 1. The van der Waals surface area contributed by atoms with E-state index in [2.05, 4.69) is 53.2 Å². The maximum Gasteiger partial charge on any atom is 0.269 e. The molecular weight excluding hydrogens is 868 g/mol. The van der Waals surface area contributed by atoms with Gasteiger partial charge in [-0.3, -0.25) is 24.0 Å². The maximum absolute atomic E-state index is 13.3. The van der Waals surface area contributed by atoms with E-state index in [-0.39, 0.29) is 29.0 Å². The minimum Gasteiger partial charge on any atom is -0.459 e. The number of hydrazine groups is 1. The van der Waals surface area contributed by atoms with Crippen LogP contribution in [0.3, 0.4) is 0 Å². The number of aromatic amines is 1. The Morgan fingerprint density at radius 1 is 0.868 bits per heavy atom. The summed E-state index contributed by atoms with van der Waals surface area (Å²) in [5.41, 5.74) is 10.6. The number of nitrogens with two attached hydrogens (primary N) is 2. The van der Waals surface area contributed by atoms with E-state index in [9.17, 15) is 28.4 Å². The maximum atomic E-state index is 13.3. The number of nitrogens with zero attached hydrogens (tertiary/aromatic N) is 7. The van der Waals surface area contributed by atoms with Gasteiger partial charge >= 0.3 is 0 Å².